The molecule has 0 unspecified atom stereocenters. The highest BCUT2D eigenvalue weighted by atomic mass is 16.5. The van der Waals surface area contributed by atoms with E-state index in [2.05, 4.69) is 262 Å². The van der Waals surface area contributed by atoms with Gasteiger partial charge in [0.25, 0.3) is 0 Å². The van der Waals surface area contributed by atoms with Crippen LogP contribution < -0.4 is 14.5 Å². The average Bonchev–Trinajstić information content (AvgIpc) is 3.86. The first-order chi connectivity index (χ1) is 33.1. The van der Waals surface area contributed by atoms with E-state index in [1.807, 2.05) is 6.20 Å². The summed E-state index contributed by atoms with van der Waals surface area (Å²) in [4.78, 5) is 10.1. The molecular weight excluding hydrogens is 853 g/mol. The Kier molecular flexibility index (Phi) is 11.4. The van der Waals surface area contributed by atoms with Gasteiger partial charge in [-0.2, -0.15) is 0 Å². The molecule has 0 amide bonds. The van der Waals surface area contributed by atoms with Gasteiger partial charge >= 0.3 is 0 Å². The van der Waals surface area contributed by atoms with Crippen LogP contribution in [0.2, 0.25) is 0 Å². The van der Waals surface area contributed by atoms with Gasteiger partial charge in [-0.15, -0.1) is 0 Å². The molecule has 10 rings (SSSR count). The number of rotatable bonds is 7. The predicted molar refractivity (Wildman–Crippen MR) is 298 cm³/mol. The smallest absolute Gasteiger partial charge is 0.137 e. The van der Waals surface area contributed by atoms with Gasteiger partial charge in [-0.05, 0) is 140 Å². The summed E-state index contributed by atoms with van der Waals surface area (Å²) in [7, 11) is 0. The maximum absolute atomic E-state index is 6.91. The van der Waals surface area contributed by atoms with Gasteiger partial charge in [0.2, 0.25) is 0 Å². The number of hydrogen-bond donors (Lipinski definition) is 0. The summed E-state index contributed by atoms with van der Waals surface area (Å²) in [6.07, 6.45) is 2.05. The second-order valence-corrected chi connectivity index (χ2v) is 23.6. The molecule has 0 radical (unpaired) electrons. The van der Waals surface area contributed by atoms with Gasteiger partial charge in [0.05, 0.1) is 22.4 Å². The van der Waals surface area contributed by atoms with E-state index in [1.165, 1.54) is 67.0 Å². The summed E-state index contributed by atoms with van der Waals surface area (Å²) in [5, 5.41) is 2.37. The van der Waals surface area contributed by atoms with Gasteiger partial charge in [-0.25, -0.2) is 4.98 Å². The minimum absolute atomic E-state index is 0.00246. The van der Waals surface area contributed by atoms with Crippen LogP contribution in [-0.2, 0) is 21.7 Å². The quantitative estimate of drug-likeness (QED) is 0.159. The van der Waals surface area contributed by atoms with E-state index in [1.54, 1.807) is 0 Å². The summed E-state index contributed by atoms with van der Waals surface area (Å²) in [6, 6.07) is 58.0. The van der Waals surface area contributed by atoms with Crippen molar-refractivity contribution >= 4 is 44.6 Å². The molecule has 2 aromatic heterocycles. The zero-order valence-corrected chi connectivity index (χ0v) is 43.5. The van der Waals surface area contributed by atoms with E-state index < -0.39 is 0 Å². The highest BCUT2D eigenvalue weighted by Gasteiger charge is 2.32. The Morgan fingerprint density at radius 1 is 0.429 bits per heavy atom. The Balaban J connectivity index is 1.04. The number of aryl methyl sites for hydroxylation is 1. The molecule has 354 valence electrons. The molecular formula is C65H68N4O. The van der Waals surface area contributed by atoms with E-state index in [-0.39, 0.29) is 21.7 Å². The summed E-state index contributed by atoms with van der Waals surface area (Å²) in [5.74, 6) is 2.42. The van der Waals surface area contributed by atoms with Crippen molar-refractivity contribution in [3.63, 3.8) is 0 Å². The summed E-state index contributed by atoms with van der Waals surface area (Å²) < 4.78 is 9.22. The average molecular weight is 921 g/mol. The lowest BCUT2D eigenvalue weighted by Gasteiger charge is -2.26. The van der Waals surface area contributed by atoms with Crippen molar-refractivity contribution in [2.75, 3.05) is 16.5 Å². The van der Waals surface area contributed by atoms with Crippen molar-refractivity contribution < 1.29 is 4.74 Å². The summed E-state index contributed by atoms with van der Waals surface area (Å²) in [5.41, 5.74) is 17.9. The third kappa shape index (κ3) is 8.87. The van der Waals surface area contributed by atoms with Crippen molar-refractivity contribution in [2.45, 2.75) is 112 Å². The third-order valence-electron chi connectivity index (χ3n) is 14.2. The van der Waals surface area contributed by atoms with Gasteiger partial charge in [0.1, 0.15) is 24.0 Å². The fourth-order valence-corrected chi connectivity index (χ4v) is 9.91. The van der Waals surface area contributed by atoms with Crippen LogP contribution in [-0.4, -0.2) is 16.2 Å². The Labute approximate surface area is 416 Å². The van der Waals surface area contributed by atoms with Gasteiger partial charge < -0.3 is 14.5 Å². The first-order valence-corrected chi connectivity index (χ1v) is 25.0. The Bertz CT molecular complexity index is 3440. The van der Waals surface area contributed by atoms with Crippen LogP contribution in [0.1, 0.15) is 111 Å². The molecule has 1 aliphatic heterocycles. The van der Waals surface area contributed by atoms with Crippen LogP contribution in [0.3, 0.4) is 0 Å². The van der Waals surface area contributed by atoms with Crippen molar-refractivity contribution in [1.82, 2.24) is 9.55 Å². The Morgan fingerprint density at radius 3 is 1.77 bits per heavy atom. The zero-order valence-electron chi connectivity index (χ0n) is 43.5. The molecule has 1 aliphatic rings. The lowest BCUT2D eigenvalue weighted by atomic mass is 9.84. The standard InChI is InChI=1S/C65H68N4O/c1-42-31-61(66-40-56(42)44-21-17-22-46(32-44)62(2,3)4)69-57-29-25-47(63(5,6)7)36-55(57)54-28-27-53(39-59(54)69)70-52-24-18-23-50(38-52)67-41-68(58-30-26-48(37-60(58)67)64(8,9)10)51-34-45(43-19-15-14-16-20-43)33-49(35-51)65(11,12)13/h14-40H,41H2,1-13H3. The second kappa shape index (κ2) is 17.1. The monoisotopic (exact) mass is 921 g/mol. The van der Waals surface area contributed by atoms with Crippen LogP contribution in [0.5, 0.6) is 11.5 Å². The van der Waals surface area contributed by atoms with E-state index in [0.717, 1.165) is 45.0 Å². The van der Waals surface area contributed by atoms with Crippen LogP contribution in [0, 0.1) is 6.92 Å². The molecule has 7 aromatic carbocycles. The van der Waals surface area contributed by atoms with Crippen molar-refractivity contribution in [3.8, 4) is 39.6 Å². The molecule has 9 aromatic rings. The molecule has 0 saturated heterocycles. The normalized spacial score (nSPS) is 13.4. The predicted octanol–water partition coefficient (Wildman–Crippen LogP) is 18.1. The minimum atomic E-state index is -0.0322. The largest absolute Gasteiger partial charge is 0.457 e. The maximum Gasteiger partial charge on any atom is 0.137 e. The number of benzene rings is 7. The van der Waals surface area contributed by atoms with E-state index in [4.69, 9.17) is 9.72 Å². The fraction of sp³-hybridized carbons (Fsp3) is 0.277. The van der Waals surface area contributed by atoms with Crippen LogP contribution >= 0.6 is 0 Å². The Hall–Kier alpha value is -7.11. The molecule has 0 spiro atoms. The Morgan fingerprint density at radius 2 is 1.06 bits per heavy atom. The van der Waals surface area contributed by atoms with Gasteiger partial charge in [-0.1, -0.05) is 162 Å². The molecule has 0 N–H and O–H groups in total. The van der Waals surface area contributed by atoms with Gasteiger partial charge in [0, 0.05) is 46.0 Å². The van der Waals surface area contributed by atoms with Crippen LogP contribution in [0.4, 0.5) is 22.7 Å². The summed E-state index contributed by atoms with van der Waals surface area (Å²) in [6.45, 7) is 30.3. The minimum Gasteiger partial charge on any atom is -0.457 e. The molecule has 5 nitrogen and oxygen atoms in total. The van der Waals surface area contributed by atoms with E-state index in [9.17, 15) is 0 Å². The first kappa shape index (κ1) is 46.6. The second-order valence-electron chi connectivity index (χ2n) is 23.6. The molecule has 70 heavy (non-hydrogen) atoms. The molecule has 0 saturated carbocycles. The van der Waals surface area contributed by atoms with Crippen molar-refractivity contribution in [1.29, 1.82) is 0 Å². The SMILES string of the molecule is Cc1cc(-n2c3ccc(C(C)(C)C)cc3c3ccc(Oc4cccc(N5CN(c6cc(-c7ccccc7)cc(C(C)(C)C)c6)c6ccc(C(C)(C)C)cc65)c4)cc32)ncc1-c1cccc(C(C)(C)C)c1. The number of aromatic nitrogens is 2. The van der Waals surface area contributed by atoms with Crippen LogP contribution in [0.15, 0.2) is 164 Å². The van der Waals surface area contributed by atoms with E-state index in [0.29, 0.717) is 6.67 Å². The number of ether oxygens (including phenoxy) is 1. The zero-order chi connectivity index (χ0) is 49.5. The number of anilines is 4. The molecule has 5 heteroatoms. The third-order valence-corrected chi connectivity index (χ3v) is 14.2. The summed E-state index contributed by atoms with van der Waals surface area (Å²) >= 11 is 0. The first-order valence-electron chi connectivity index (χ1n) is 25.0. The number of fused-ring (bicyclic) bond motifs is 4. The van der Waals surface area contributed by atoms with Gasteiger partial charge in [0.15, 0.2) is 0 Å². The van der Waals surface area contributed by atoms with E-state index >= 15 is 0 Å². The molecule has 0 fully saturated rings. The highest BCUT2D eigenvalue weighted by Crippen LogP contribution is 2.48. The van der Waals surface area contributed by atoms with Gasteiger partial charge in [-0.3, -0.25) is 4.57 Å². The number of nitrogens with zero attached hydrogens (tertiary/aromatic N) is 4. The topological polar surface area (TPSA) is 33.5 Å². The molecule has 0 aliphatic carbocycles. The maximum atomic E-state index is 6.91. The number of pyridine rings is 1. The fourth-order valence-electron chi connectivity index (χ4n) is 9.91. The lowest BCUT2D eigenvalue weighted by Crippen LogP contribution is -2.24. The lowest BCUT2D eigenvalue weighted by molar-refractivity contribution is 0.483. The number of hydrogen-bond acceptors (Lipinski definition) is 4. The highest BCUT2D eigenvalue weighted by molar-refractivity contribution is 6.10. The molecule has 0 bridgehead atoms. The van der Waals surface area contributed by atoms with Crippen molar-refractivity contribution in [3.05, 3.63) is 192 Å². The van der Waals surface area contributed by atoms with Crippen LogP contribution in [0.25, 0.3) is 49.9 Å². The van der Waals surface area contributed by atoms with Crippen molar-refractivity contribution in [2.24, 2.45) is 0 Å². The molecule has 3 heterocycles. The molecule has 0 atom stereocenters.